The molecule has 21 heavy (non-hydrogen) atoms. The van der Waals surface area contributed by atoms with Gasteiger partial charge in [-0.05, 0) is 19.1 Å². The van der Waals surface area contributed by atoms with Crippen molar-refractivity contribution in [3.8, 4) is 0 Å². The lowest BCUT2D eigenvalue weighted by molar-refractivity contribution is -0.117. The zero-order chi connectivity index (χ0) is 15.6. The first kappa shape index (κ1) is 15.3. The zero-order valence-electron chi connectivity index (χ0n) is 10.8. The zero-order valence-corrected chi connectivity index (χ0v) is 12.3. The fourth-order valence-corrected chi connectivity index (χ4v) is 2.13. The highest BCUT2D eigenvalue weighted by atomic mass is 35.5. The van der Waals surface area contributed by atoms with Crippen LogP contribution in [0.15, 0.2) is 18.2 Å². The molecule has 1 amide bonds. The molecule has 0 atom stereocenters. The summed E-state index contributed by atoms with van der Waals surface area (Å²) in [6.07, 6.45) is 0. The van der Waals surface area contributed by atoms with Crippen molar-refractivity contribution in [1.29, 1.82) is 0 Å². The maximum Gasteiger partial charge on any atom is 0.358 e. The number of nitrogens with zero attached hydrogens (tertiary/aromatic N) is 3. The molecule has 0 aliphatic heterocycles. The number of carboxylic acid groups (broad SMARTS) is 1. The third-order valence-electron chi connectivity index (χ3n) is 2.71. The number of carboxylic acids is 1. The number of halogens is 2. The average Bonchev–Trinajstić information content (AvgIpc) is 2.76. The van der Waals surface area contributed by atoms with Crippen molar-refractivity contribution in [2.45, 2.75) is 13.5 Å². The molecule has 0 saturated carbocycles. The number of anilines is 1. The number of hydrogen-bond donors (Lipinski definition) is 2. The van der Waals surface area contributed by atoms with Crippen LogP contribution in [-0.4, -0.2) is 32.0 Å². The number of carbonyl (C=O) groups excluding carboxylic acids is 1. The topological polar surface area (TPSA) is 97.1 Å². The van der Waals surface area contributed by atoms with Gasteiger partial charge >= 0.3 is 5.97 Å². The first-order chi connectivity index (χ1) is 9.90. The van der Waals surface area contributed by atoms with Crippen LogP contribution in [0.2, 0.25) is 10.0 Å². The Labute approximate surface area is 129 Å². The molecule has 9 heteroatoms. The van der Waals surface area contributed by atoms with Crippen molar-refractivity contribution in [2.24, 2.45) is 0 Å². The third kappa shape index (κ3) is 3.32. The van der Waals surface area contributed by atoms with E-state index in [1.165, 1.54) is 11.6 Å². The van der Waals surface area contributed by atoms with Crippen LogP contribution in [0.25, 0.3) is 0 Å². The van der Waals surface area contributed by atoms with E-state index in [0.717, 1.165) is 0 Å². The van der Waals surface area contributed by atoms with Crippen LogP contribution in [0.1, 0.15) is 16.2 Å². The third-order valence-corrected chi connectivity index (χ3v) is 3.34. The van der Waals surface area contributed by atoms with Crippen LogP contribution in [0.5, 0.6) is 0 Å². The standard InChI is InChI=1S/C12H10Cl2N4O3/c1-6-10(12(20)21)16-17-18(6)5-9(19)15-11-7(13)3-2-4-8(11)14/h2-4H,5H2,1H3,(H,15,19)(H,20,21). The van der Waals surface area contributed by atoms with Gasteiger partial charge in [0.25, 0.3) is 0 Å². The highest BCUT2D eigenvalue weighted by Crippen LogP contribution is 2.29. The molecule has 0 fully saturated rings. The molecule has 0 radical (unpaired) electrons. The maximum atomic E-state index is 12.0. The van der Waals surface area contributed by atoms with Gasteiger partial charge in [0.2, 0.25) is 5.91 Å². The highest BCUT2D eigenvalue weighted by molar-refractivity contribution is 6.39. The van der Waals surface area contributed by atoms with Crippen LogP contribution in [0, 0.1) is 6.92 Å². The monoisotopic (exact) mass is 328 g/mol. The van der Waals surface area contributed by atoms with Gasteiger partial charge in [0.05, 0.1) is 21.4 Å². The number of rotatable bonds is 4. The molecule has 0 unspecified atom stereocenters. The fraction of sp³-hybridized carbons (Fsp3) is 0.167. The Morgan fingerprint density at radius 3 is 2.48 bits per heavy atom. The molecule has 0 spiro atoms. The second-order valence-electron chi connectivity index (χ2n) is 4.13. The van der Waals surface area contributed by atoms with Crippen molar-refractivity contribution < 1.29 is 14.7 Å². The number of benzene rings is 1. The summed E-state index contributed by atoms with van der Waals surface area (Å²) in [5.41, 5.74) is 0.378. The van der Waals surface area contributed by atoms with Crippen LogP contribution < -0.4 is 5.32 Å². The van der Waals surface area contributed by atoms with Crippen molar-refractivity contribution >= 4 is 40.8 Å². The second-order valence-corrected chi connectivity index (χ2v) is 4.95. The lowest BCUT2D eigenvalue weighted by atomic mass is 10.3. The smallest absolute Gasteiger partial charge is 0.358 e. The summed E-state index contributed by atoms with van der Waals surface area (Å²) < 4.78 is 1.18. The molecular weight excluding hydrogens is 319 g/mol. The minimum atomic E-state index is -1.20. The predicted octanol–water partition coefficient (Wildman–Crippen LogP) is 2.23. The molecule has 2 N–H and O–H groups in total. The Morgan fingerprint density at radius 2 is 1.95 bits per heavy atom. The van der Waals surface area contributed by atoms with E-state index in [0.29, 0.717) is 15.7 Å². The molecule has 1 aromatic heterocycles. The van der Waals surface area contributed by atoms with E-state index >= 15 is 0 Å². The molecule has 2 rings (SSSR count). The minimum absolute atomic E-state index is 0.196. The van der Waals surface area contributed by atoms with Gasteiger partial charge in [0, 0.05) is 0 Å². The van der Waals surface area contributed by atoms with E-state index in [2.05, 4.69) is 15.6 Å². The lowest BCUT2D eigenvalue weighted by Crippen LogP contribution is -2.21. The number of para-hydroxylation sites is 1. The van der Waals surface area contributed by atoms with E-state index < -0.39 is 11.9 Å². The predicted molar refractivity (Wildman–Crippen MR) is 76.8 cm³/mol. The van der Waals surface area contributed by atoms with Crippen LogP contribution in [-0.2, 0) is 11.3 Å². The van der Waals surface area contributed by atoms with Crippen molar-refractivity contribution in [2.75, 3.05) is 5.32 Å². The summed E-state index contributed by atoms with van der Waals surface area (Å²) in [5, 5.41) is 19.1. The fourth-order valence-electron chi connectivity index (χ4n) is 1.64. The van der Waals surface area contributed by atoms with Gasteiger partial charge in [0.1, 0.15) is 6.54 Å². The molecule has 2 aromatic rings. The van der Waals surface area contributed by atoms with E-state index in [1.807, 2.05) is 0 Å². The summed E-state index contributed by atoms with van der Waals surface area (Å²) in [7, 11) is 0. The molecule has 0 saturated heterocycles. The van der Waals surface area contributed by atoms with Crippen molar-refractivity contribution in [1.82, 2.24) is 15.0 Å². The first-order valence-electron chi connectivity index (χ1n) is 5.77. The van der Waals surface area contributed by atoms with Crippen LogP contribution in [0.4, 0.5) is 5.69 Å². The highest BCUT2D eigenvalue weighted by Gasteiger charge is 2.17. The Balaban J connectivity index is 2.14. The molecule has 0 aliphatic carbocycles. The number of amides is 1. The number of aromatic carboxylic acids is 1. The van der Waals surface area contributed by atoms with E-state index in [-0.39, 0.29) is 17.9 Å². The van der Waals surface area contributed by atoms with Crippen LogP contribution in [0.3, 0.4) is 0 Å². The molecular formula is C12H10Cl2N4O3. The number of carbonyl (C=O) groups is 2. The van der Waals surface area contributed by atoms with Gasteiger partial charge < -0.3 is 10.4 Å². The molecule has 0 bridgehead atoms. The molecule has 0 aliphatic rings. The Bertz CT molecular complexity index is 694. The number of hydrogen-bond acceptors (Lipinski definition) is 4. The van der Waals surface area contributed by atoms with E-state index in [1.54, 1.807) is 18.2 Å². The number of nitrogens with one attached hydrogen (secondary N) is 1. The van der Waals surface area contributed by atoms with Crippen molar-refractivity contribution in [3.05, 3.63) is 39.6 Å². The normalized spacial score (nSPS) is 10.4. The Morgan fingerprint density at radius 1 is 1.33 bits per heavy atom. The largest absolute Gasteiger partial charge is 0.476 e. The summed E-state index contributed by atoms with van der Waals surface area (Å²) in [6, 6.07) is 4.83. The molecule has 1 heterocycles. The first-order valence-corrected chi connectivity index (χ1v) is 6.53. The summed E-state index contributed by atoms with van der Waals surface area (Å²) in [5.74, 6) is -1.65. The second kappa shape index (κ2) is 6.11. The average molecular weight is 329 g/mol. The lowest BCUT2D eigenvalue weighted by Gasteiger charge is -2.09. The van der Waals surface area contributed by atoms with Gasteiger partial charge in [-0.15, -0.1) is 5.10 Å². The Hall–Kier alpha value is -2.12. The van der Waals surface area contributed by atoms with Gasteiger partial charge in [-0.25, -0.2) is 9.48 Å². The minimum Gasteiger partial charge on any atom is -0.476 e. The summed E-state index contributed by atoms with van der Waals surface area (Å²) >= 11 is 11.9. The van der Waals surface area contributed by atoms with E-state index in [9.17, 15) is 9.59 Å². The van der Waals surface area contributed by atoms with Gasteiger partial charge in [0.15, 0.2) is 5.69 Å². The quantitative estimate of drug-likeness (QED) is 0.896. The SMILES string of the molecule is Cc1c(C(=O)O)nnn1CC(=O)Nc1c(Cl)cccc1Cl. The summed E-state index contributed by atoms with van der Waals surface area (Å²) in [6.45, 7) is 1.31. The Kier molecular flexibility index (Phi) is 4.44. The van der Waals surface area contributed by atoms with Gasteiger partial charge in [-0.1, -0.05) is 34.5 Å². The number of aromatic nitrogens is 3. The van der Waals surface area contributed by atoms with Gasteiger partial charge in [-0.3, -0.25) is 4.79 Å². The van der Waals surface area contributed by atoms with Gasteiger partial charge in [-0.2, -0.15) is 0 Å². The van der Waals surface area contributed by atoms with Crippen molar-refractivity contribution in [3.63, 3.8) is 0 Å². The molecule has 110 valence electrons. The molecule has 1 aromatic carbocycles. The van der Waals surface area contributed by atoms with E-state index in [4.69, 9.17) is 28.3 Å². The van der Waals surface area contributed by atoms with Crippen LogP contribution >= 0.6 is 23.2 Å². The molecule has 7 nitrogen and oxygen atoms in total. The maximum absolute atomic E-state index is 12.0. The summed E-state index contributed by atoms with van der Waals surface area (Å²) in [4.78, 5) is 22.8.